The molecular formula is C101H118ClN21O12S4. The van der Waals surface area contributed by atoms with E-state index >= 15 is 0 Å². The van der Waals surface area contributed by atoms with Crippen molar-refractivity contribution in [2.45, 2.75) is 225 Å². The lowest BCUT2D eigenvalue weighted by molar-refractivity contribution is -0.117. The van der Waals surface area contributed by atoms with Gasteiger partial charge in [-0.15, -0.1) is 11.3 Å². The van der Waals surface area contributed by atoms with Crippen LogP contribution in [0.1, 0.15) is 303 Å². The van der Waals surface area contributed by atoms with Gasteiger partial charge in [0, 0.05) is 151 Å². The SMILES string of the molecule is CC#Cc1cc(N2CCOCC2)n2nc([C@@H]3CCCCN3C(=O)c3cc(Cl)ccc3NS(C)(=O)=O)cc2n1.Cc1cc(NS(C)(=O)=O)c(C(=O)N2CCCC[C@H]2c2cc3nc(C4CC4)cc(C)n3n2)s1.Cc1ccc(N2CCCC2=O)c(C(=O)N2CCCC[C@H]2c2cc3nc(C4CC4)cc(C)n3n2)c1.Cc1ccc(N2CCCS2(=O)=O)c(C(=O)N2CCCC[C@H]2c2cc3nc(C4CC4)cc(C)n3n2)c1. The molecular weight excluding hydrogens is 1860 g/mol. The number of carbonyl (C=O) groups excluding carboxylic acids is 5. The van der Waals surface area contributed by atoms with Gasteiger partial charge < -0.3 is 34.1 Å². The summed E-state index contributed by atoms with van der Waals surface area (Å²) >= 11 is 7.53. The third-order valence-electron chi connectivity index (χ3n) is 27.7. The zero-order chi connectivity index (χ0) is 97.2. The van der Waals surface area contributed by atoms with Gasteiger partial charge in [0.15, 0.2) is 22.6 Å². The molecule has 3 aliphatic carbocycles. The Balaban J connectivity index is 0.000000118. The molecule has 5 amide bonds. The molecule has 33 nitrogen and oxygen atoms in total. The molecule has 3 aromatic carbocycles. The average Bonchev–Trinajstić information content (AvgIpc) is 1.64. The first-order valence-electron chi connectivity index (χ1n) is 48.6. The lowest BCUT2D eigenvalue weighted by Gasteiger charge is -2.35. The summed E-state index contributed by atoms with van der Waals surface area (Å²) < 4.78 is 92.2. The van der Waals surface area contributed by atoms with E-state index in [0.717, 1.165) is 210 Å². The van der Waals surface area contributed by atoms with Gasteiger partial charge in [0.05, 0.1) is 118 Å². The predicted molar refractivity (Wildman–Crippen MR) is 535 cm³/mol. The van der Waals surface area contributed by atoms with Gasteiger partial charge in [-0.25, -0.2) is 58.7 Å². The molecule has 139 heavy (non-hydrogen) atoms. The second kappa shape index (κ2) is 39.6. The number of rotatable bonds is 18. The number of nitrogens with zero attached hydrogens (tertiary/aromatic N) is 19. The van der Waals surface area contributed by atoms with Gasteiger partial charge in [-0.05, 0) is 250 Å². The van der Waals surface area contributed by atoms with Crippen molar-refractivity contribution in [3.8, 4) is 11.8 Å². The Morgan fingerprint density at radius 1 is 0.446 bits per heavy atom. The van der Waals surface area contributed by atoms with Crippen LogP contribution < -0.4 is 23.5 Å². The topological polar surface area (TPSA) is 364 Å². The summed E-state index contributed by atoms with van der Waals surface area (Å²) in [5, 5.41) is 19.9. The summed E-state index contributed by atoms with van der Waals surface area (Å²) in [6.45, 7) is 20.0. The Morgan fingerprint density at radius 2 is 0.878 bits per heavy atom. The molecule has 2 N–H and O–H groups in total. The van der Waals surface area contributed by atoms with Crippen molar-refractivity contribution in [3.05, 3.63) is 214 Å². The fourth-order valence-corrected chi connectivity index (χ4v) is 24.3. The number of aryl methyl sites for hydroxylation is 6. The van der Waals surface area contributed by atoms with Crippen molar-refractivity contribution in [1.29, 1.82) is 0 Å². The van der Waals surface area contributed by atoms with Crippen LogP contribution in [0.5, 0.6) is 0 Å². The maximum atomic E-state index is 14.0. The number of morpholine rings is 1. The number of sulfonamides is 3. The lowest BCUT2D eigenvalue weighted by atomic mass is 9.97. The minimum atomic E-state index is -3.60. The van der Waals surface area contributed by atoms with Crippen LogP contribution in [0.4, 0.5) is 28.6 Å². The Hall–Kier alpha value is -12.0. The number of nitrogens with one attached hydrogen (secondary N) is 2. The molecule has 3 saturated carbocycles. The van der Waals surface area contributed by atoms with Crippen molar-refractivity contribution in [2.24, 2.45) is 0 Å². The van der Waals surface area contributed by atoms with E-state index in [1.54, 1.807) is 34.9 Å². The van der Waals surface area contributed by atoms with E-state index in [1.165, 1.54) is 66.3 Å². The lowest BCUT2D eigenvalue weighted by Crippen LogP contribution is -2.39. The standard InChI is InChI=1S/C27H31N5O2.C26H29ClN6O4S.C26H31N5O3S.C22H27N5O3S2/c1-17-8-11-23(30-13-5-7-26(30)33)20(14-17)27(34)31-12-4-3-6-24(31)22-16-25-28-21(19-9-10-19)15-18(2)32(25)29-22;1-3-6-19-16-25(31-11-13-37-14-12-31)33-24(28-19)17-22(29-33)23-7-4-5-10-32(23)26(34)20-15-18(27)8-9-21(20)30-38(2,35)36;1-17-7-10-23(30-12-5-13-35(30,33)34)20(14-17)26(32)29-11-4-3-6-24(29)22-16-25-27-21(19-8-9-19)15-18(2)31(25)28-22;1-13-10-16(15-7-8-15)23-20-12-17(24-27(13)20)19-6-4-5-9-26(19)22(28)21-18(11-14(2)31-21)25-32(3,29)30/h8,11,14-16,19,24H,3-7,9-10,12-13H2,1-2H3;8-9,15-17,23,30H,4-5,7,10-14H2,1-2H3;7,10,14-16,19,24H,3-6,8-9,11-13H2,1-2H3;10-12,15,19,25H,4-9H2,1-3H3/t24-;23-;24-;19-/m0000/s1. The number of likely N-dealkylation sites (tertiary alicyclic amines) is 4. The number of anilines is 5. The second-order valence-corrected chi connectivity index (χ2v) is 45.8. The first-order valence-corrected chi connectivity index (χ1v) is 55.2. The van der Waals surface area contributed by atoms with Crippen LogP contribution in [-0.2, 0) is 39.6 Å². The van der Waals surface area contributed by atoms with Crippen LogP contribution >= 0.6 is 22.9 Å². The van der Waals surface area contributed by atoms with Gasteiger partial charge in [0.25, 0.3) is 23.6 Å². The highest BCUT2D eigenvalue weighted by atomic mass is 35.5. The zero-order valence-electron chi connectivity index (χ0n) is 80.0. The molecule has 7 aliphatic heterocycles. The van der Waals surface area contributed by atoms with Crippen LogP contribution in [0.2, 0.25) is 5.02 Å². The highest BCUT2D eigenvalue weighted by Crippen LogP contribution is 2.46. The van der Waals surface area contributed by atoms with Crippen molar-refractivity contribution in [2.75, 3.05) is 107 Å². The third kappa shape index (κ3) is 21.0. The average molecular weight is 1980 g/mol. The molecule has 0 bridgehead atoms. The van der Waals surface area contributed by atoms with Gasteiger partial charge >= 0.3 is 0 Å². The van der Waals surface area contributed by atoms with Crippen LogP contribution in [0, 0.1) is 53.4 Å². The fraction of sp³-hybridized carbons (Fsp3) is 0.475. The van der Waals surface area contributed by atoms with Gasteiger partial charge in [0.2, 0.25) is 36.0 Å². The summed E-state index contributed by atoms with van der Waals surface area (Å²) in [6, 6.07) is 33.2. The highest BCUT2D eigenvalue weighted by Gasteiger charge is 2.42. The molecule has 12 aromatic rings. The Kier molecular flexibility index (Phi) is 27.3. The molecule has 38 heteroatoms. The number of carbonyl (C=O) groups is 5. The van der Waals surface area contributed by atoms with Crippen LogP contribution in [0.3, 0.4) is 0 Å². The maximum absolute atomic E-state index is 14.0. The summed E-state index contributed by atoms with van der Waals surface area (Å²) in [7, 11) is -10.5. The van der Waals surface area contributed by atoms with E-state index < -0.39 is 30.1 Å². The largest absolute Gasteiger partial charge is 0.378 e. The Morgan fingerprint density at radius 3 is 1.31 bits per heavy atom. The van der Waals surface area contributed by atoms with Crippen LogP contribution in [0.15, 0.2) is 109 Å². The number of thiophene rings is 1. The molecule has 10 fully saturated rings. The van der Waals surface area contributed by atoms with Crippen molar-refractivity contribution in [1.82, 2.24) is 78.0 Å². The normalized spacial score (nSPS) is 20.2. The first kappa shape index (κ1) is 95.9. The van der Waals surface area contributed by atoms with Gasteiger partial charge in [-0.1, -0.05) is 40.8 Å². The Bertz CT molecular complexity index is 7270. The molecule has 22 rings (SSSR count). The fourth-order valence-electron chi connectivity index (χ4n) is 20.5. The van der Waals surface area contributed by atoms with Crippen LogP contribution in [-0.4, -0.2) is 217 Å². The number of halogens is 1. The number of fused-ring (bicyclic) bond motifs is 4. The molecule has 9 aromatic heterocycles. The smallest absolute Gasteiger partial charge is 0.266 e. The minimum absolute atomic E-state index is 0.0106. The quantitative estimate of drug-likeness (QED) is 0.0753. The van der Waals surface area contributed by atoms with Crippen molar-refractivity contribution >= 4 is 134 Å². The van der Waals surface area contributed by atoms with Gasteiger partial charge in [-0.2, -0.15) is 24.9 Å². The number of ether oxygens (including phenoxy) is 1. The minimum Gasteiger partial charge on any atom is -0.378 e. The molecule has 16 heterocycles. The molecule has 0 radical (unpaired) electrons. The van der Waals surface area contributed by atoms with Crippen LogP contribution in [0.25, 0.3) is 22.6 Å². The maximum Gasteiger partial charge on any atom is 0.266 e. The molecule has 4 atom stereocenters. The number of piperidine rings is 4. The summed E-state index contributed by atoms with van der Waals surface area (Å²) in [6.07, 6.45) is 22.2. The van der Waals surface area contributed by atoms with Crippen molar-refractivity contribution < 1.29 is 54.0 Å². The van der Waals surface area contributed by atoms with Crippen molar-refractivity contribution in [3.63, 3.8) is 0 Å². The predicted octanol–water partition coefficient (Wildman–Crippen LogP) is 16.2. The van der Waals surface area contributed by atoms with E-state index in [0.29, 0.717) is 127 Å². The van der Waals surface area contributed by atoms with Gasteiger partial charge in [0.1, 0.15) is 16.4 Å². The number of benzene rings is 3. The third-order valence-corrected chi connectivity index (χ3v) is 32.0. The molecule has 10 aliphatic rings. The number of hydrogen-bond donors (Lipinski definition) is 2. The molecule has 0 unspecified atom stereocenters. The number of hydrogen-bond acceptors (Lipinski definition) is 22. The zero-order valence-corrected chi connectivity index (χ0v) is 84.0. The summed E-state index contributed by atoms with van der Waals surface area (Å²) in [5.74, 6) is 8.18. The summed E-state index contributed by atoms with van der Waals surface area (Å²) in [4.78, 5) is 100.0. The van der Waals surface area contributed by atoms with E-state index in [4.69, 9.17) is 56.7 Å². The number of amides is 5. The van der Waals surface area contributed by atoms with E-state index in [-0.39, 0.29) is 70.7 Å². The Labute approximate surface area is 819 Å². The van der Waals surface area contributed by atoms with E-state index in [1.807, 2.05) is 115 Å². The monoisotopic (exact) mass is 1980 g/mol. The first-order chi connectivity index (χ1) is 66.7. The second-order valence-electron chi connectivity index (χ2n) is 38.6. The summed E-state index contributed by atoms with van der Waals surface area (Å²) in [5.41, 5.74) is 18.8. The van der Waals surface area contributed by atoms with Gasteiger partial charge in [-0.3, -0.25) is 37.7 Å². The van der Waals surface area contributed by atoms with E-state index in [2.05, 4.69) is 64.3 Å². The van der Waals surface area contributed by atoms with E-state index in [9.17, 15) is 49.2 Å². The molecule has 7 saturated heterocycles. The molecule has 730 valence electrons. The highest BCUT2D eigenvalue weighted by molar-refractivity contribution is 7.93. The molecule has 0 spiro atoms. The number of aromatic nitrogens is 12.